The van der Waals surface area contributed by atoms with Gasteiger partial charge < -0.3 is 9.80 Å². The van der Waals surface area contributed by atoms with E-state index in [0.29, 0.717) is 35.8 Å². The summed E-state index contributed by atoms with van der Waals surface area (Å²) < 4.78 is 0. The predicted octanol–water partition coefficient (Wildman–Crippen LogP) is 1.94. The molecule has 1 aromatic carbocycles. The molecule has 0 N–H and O–H groups in total. The Labute approximate surface area is 134 Å². The van der Waals surface area contributed by atoms with Gasteiger partial charge in [-0.3, -0.25) is 9.59 Å². The fourth-order valence-electron chi connectivity index (χ4n) is 2.45. The molecule has 22 heavy (non-hydrogen) atoms. The summed E-state index contributed by atoms with van der Waals surface area (Å²) in [5, 5.41) is 8.81. The van der Waals surface area contributed by atoms with Crippen LogP contribution in [0.5, 0.6) is 0 Å². The van der Waals surface area contributed by atoms with Crippen LogP contribution in [0, 0.1) is 11.3 Å². The van der Waals surface area contributed by atoms with Crippen molar-refractivity contribution in [3.8, 4) is 6.07 Å². The van der Waals surface area contributed by atoms with Crippen molar-refractivity contribution in [2.45, 2.75) is 19.9 Å². The van der Waals surface area contributed by atoms with Gasteiger partial charge in [-0.2, -0.15) is 5.26 Å². The number of nitriles is 1. The Morgan fingerprint density at radius 3 is 2.50 bits per heavy atom. The number of carbonyl (C=O) groups excluding carboxylic acids is 2. The van der Waals surface area contributed by atoms with Crippen LogP contribution < -0.4 is 0 Å². The van der Waals surface area contributed by atoms with Crippen LogP contribution in [0.15, 0.2) is 24.3 Å². The molecule has 5 nitrogen and oxygen atoms in total. The Balaban J connectivity index is 2.17. The molecule has 0 aliphatic carbocycles. The highest BCUT2D eigenvalue weighted by atomic mass is 32.2. The molecule has 1 fully saturated rings. The van der Waals surface area contributed by atoms with Crippen molar-refractivity contribution in [3.05, 3.63) is 35.4 Å². The van der Waals surface area contributed by atoms with Crippen LogP contribution in [-0.2, 0) is 4.79 Å². The lowest BCUT2D eigenvalue weighted by atomic mass is 10.1. The number of benzene rings is 1. The van der Waals surface area contributed by atoms with Crippen molar-refractivity contribution in [2.75, 3.05) is 24.7 Å². The summed E-state index contributed by atoms with van der Waals surface area (Å²) in [4.78, 5) is 28.5. The molecule has 1 atom stereocenters. The highest BCUT2D eigenvalue weighted by Gasteiger charge is 2.36. The highest BCUT2D eigenvalue weighted by Crippen LogP contribution is 2.24. The molecule has 0 saturated carbocycles. The zero-order valence-corrected chi connectivity index (χ0v) is 13.6. The Morgan fingerprint density at radius 1 is 1.32 bits per heavy atom. The van der Waals surface area contributed by atoms with Gasteiger partial charge in [0.1, 0.15) is 6.04 Å². The van der Waals surface area contributed by atoms with Crippen molar-refractivity contribution < 1.29 is 9.59 Å². The average molecular weight is 317 g/mol. The minimum absolute atomic E-state index is 0.0111. The third kappa shape index (κ3) is 3.25. The summed E-state index contributed by atoms with van der Waals surface area (Å²) >= 11 is 1.59. The molecule has 1 aliphatic heterocycles. The van der Waals surface area contributed by atoms with Gasteiger partial charge in [-0.25, -0.2) is 0 Å². The second kappa shape index (κ2) is 7.32. The number of thioether (sulfide) groups is 1. The molecule has 1 heterocycles. The average Bonchev–Trinajstić information content (AvgIpc) is 3.04. The van der Waals surface area contributed by atoms with E-state index in [-0.39, 0.29) is 11.8 Å². The number of nitrogens with zero attached hydrogens (tertiary/aromatic N) is 3. The molecule has 0 unspecified atom stereocenters. The van der Waals surface area contributed by atoms with E-state index in [4.69, 9.17) is 5.26 Å². The smallest absolute Gasteiger partial charge is 0.255 e. The molecule has 6 heteroatoms. The number of hydrogen-bond acceptors (Lipinski definition) is 4. The van der Waals surface area contributed by atoms with Gasteiger partial charge in [0.2, 0.25) is 5.91 Å². The molecule has 0 spiro atoms. The molecular formula is C16H19N3O2S. The Kier molecular flexibility index (Phi) is 5.45. The van der Waals surface area contributed by atoms with E-state index in [0.717, 1.165) is 0 Å². The topological polar surface area (TPSA) is 64.4 Å². The fourth-order valence-corrected chi connectivity index (χ4v) is 3.59. The second-order valence-electron chi connectivity index (χ2n) is 4.99. The zero-order valence-electron chi connectivity index (χ0n) is 12.8. The molecule has 1 saturated heterocycles. The summed E-state index contributed by atoms with van der Waals surface area (Å²) in [5.74, 6) is 1.02. The van der Waals surface area contributed by atoms with Crippen molar-refractivity contribution in [2.24, 2.45) is 0 Å². The number of hydrogen-bond donors (Lipinski definition) is 0. The Hall–Kier alpha value is -2.00. The van der Waals surface area contributed by atoms with E-state index in [2.05, 4.69) is 0 Å². The summed E-state index contributed by atoms with van der Waals surface area (Å²) in [7, 11) is 0. The normalized spacial score (nSPS) is 17.1. The van der Waals surface area contributed by atoms with Crippen molar-refractivity contribution in [1.82, 2.24) is 9.80 Å². The van der Waals surface area contributed by atoms with Crippen LogP contribution in [0.1, 0.15) is 29.8 Å². The lowest BCUT2D eigenvalue weighted by molar-refractivity contribution is -0.134. The maximum Gasteiger partial charge on any atom is 0.255 e. The van der Waals surface area contributed by atoms with Gasteiger partial charge >= 0.3 is 0 Å². The molecule has 1 aliphatic rings. The van der Waals surface area contributed by atoms with Crippen molar-refractivity contribution in [3.63, 3.8) is 0 Å². The Bertz CT molecular complexity index is 590. The lowest BCUT2D eigenvalue weighted by Crippen LogP contribution is -2.48. The summed E-state index contributed by atoms with van der Waals surface area (Å²) in [5.41, 5.74) is 1.03. The molecular weight excluding hydrogens is 298 g/mol. The first-order valence-electron chi connectivity index (χ1n) is 7.30. The summed E-state index contributed by atoms with van der Waals surface area (Å²) in [6.07, 6.45) is 0. The maximum absolute atomic E-state index is 12.6. The van der Waals surface area contributed by atoms with E-state index >= 15 is 0 Å². The van der Waals surface area contributed by atoms with Crippen LogP contribution in [-0.4, -0.2) is 52.4 Å². The predicted molar refractivity (Wildman–Crippen MR) is 86.4 cm³/mol. The Morgan fingerprint density at radius 2 is 1.95 bits per heavy atom. The minimum atomic E-state index is -0.395. The van der Waals surface area contributed by atoms with E-state index in [9.17, 15) is 9.59 Å². The molecule has 2 amide bonds. The quantitative estimate of drug-likeness (QED) is 0.851. The van der Waals surface area contributed by atoms with E-state index in [1.54, 1.807) is 45.8 Å². The molecule has 2 rings (SSSR count). The van der Waals surface area contributed by atoms with Crippen LogP contribution in [0.25, 0.3) is 0 Å². The lowest BCUT2D eigenvalue weighted by Gasteiger charge is -2.28. The number of likely N-dealkylation sites (N-methyl/N-ethyl adjacent to an activating group) is 1. The first-order valence-corrected chi connectivity index (χ1v) is 8.45. The maximum atomic E-state index is 12.6. The van der Waals surface area contributed by atoms with Crippen molar-refractivity contribution in [1.29, 1.82) is 5.26 Å². The first kappa shape index (κ1) is 16.4. The van der Waals surface area contributed by atoms with Gasteiger partial charge in [-0.15, -0.1) is 11.8 Å². The molecule has 0 radical (unpaired) electrons. The third-order valence-electron chi connectivity index (χ3n) is 3.76. The van der Waals surface area contributed by atoms with E-state index < -0.39 is 6.04 Å². The van der Waals surface area contributed by atoms with Gasteiger partial charge in [0.05, 0.1) is 17.5 Å². The standard InChI is InChI=1S/C16H19N3O2S/c1-3-18(4-2)16(21)14-10-22-11-19(14)15(20)13-7-5-12(9-17)6-8-13/h5-8,14H,3-4,10-11H2,1-2H3/t14-/m0/s1. The van der Waals surface area contributed by atoms with Gasteiger partial charge in [-0.1, -0.05) is 0 Å². The van der Waals surface area contributed by atoms with Crippen molar-refractivity contribution >= 4 is 23.6 Å². The SMILES string of the molecule is CCN(CC)C(=O)[C@@H]1CSCN1C(=O)c1ccc(C#N)cc1. The number of amides is 2. The zero-order chi connectivity index (χ0) is 16.1. The molecule has 0 bridgehead atoms. The van der Waals surface area contributed by atoms with Gasteiger partial charge in [0.25, 0.3) is 5.91 Å². The third-order valence-corrected chi connectivity index (χ3v) is 4.78. The van der Waals surface area contributed by atoms with Crippen LogP contribution in [0.3, 0.4) is 0 Å². The molecule has 0 aromatic heterocycles. The van der Waals surface area contributed by atoms with Gasteiger partial charge in [0.15, 0.2) is 0 Å². The highest BCUT2D eigenvalue weighted by molar-refractivity contribution is 7.99. The summed E-state index contributed by atoms with van der Waals surface area (Å²) in [6, 6.07) is 8.16. The number of rotatable bonds is 4. The monoisotopic (exact) mass is 317 g/mol. The van der Waals surface area contributed by atoms with Gasteiger partial charge in [-0.05, 0) is 38.1 Å². The van der Waals surface area contributed by atoms with E-state index in [1.807, 2.05) is 19.9 Å². The van der Waals surface area contributed by atoms with Gasteiger partial charge in [0, 0.05) is 24.4 Å². The summed E-state index contributed by atoms with van der Waals surface area (Å²) in [6.45, 7) is 5.18. The minimum Gasteiger partial charge on any atom is -0.341 e. The largest absolute Gasteiger partial charge is 0.341 e. The fraction of sp³-hybridized carbons (Fsp3) is 0.438. The first-order chi connectivity index (χ1) is 10.6. The molecule has 1 aromatic rings. The van der Waals surface area contributed by atoms with Crippen LogP contribution in [0.2, 0.25) is 0 Å². The van der Waals surface area contributed by atoms with Crippen LogP contribution >= 0.6 is 11.8 Å². The van der Waals surface area contributed by atoms with Crippen LogP contribution in [0.4, 0.5) is 0 Å². The number of carbonyl (C=O) groups is 2. The molecule has 116 valence electrons. The van der Waals surface area contributed by atoms with E-state index in [1.165, 1.54) is 0 Å². The second-order valence-corrected chi connectivity index (χ2v) is 5.99.